The lowest BCUT2D eigenvalue weighted by Crippen LogP contribution is -2.19. The van der Waals surface area contributed by atoms with Gasteiger partial charge in [0, 0.05) is 10.9 Å². The summed E-state index contributed by atoms with van der Waals surface area (Å²) in [5.41, 5.74) is 4.40. The summed E-state index contributed by atoms with van der Waals surface area (Å²) in [6.45, 7) is 4.16. The number of ether oxygens (including phenoxy) is 1. The maximum absolute atomic E-state index is 5.55. The Morgan fingerprint density at radius 3 is 2.67 bits per heavy atom. The fraction of sp³-hybridized carbons (Fsp3) is 0.385. The van der Waals surface area contributed by atoms with E-state index >= 15 is 0 Å². The Morgan fingerprint density at radius 1 is 1.33 bits per heavy atom. The summed E-state index contributed by atoms with van der Waals surface area (Å²) in [4.78, 5) is 0. The van der Waals surface area contributed by atoms with Crippen LogP contribution in [0, 0.1) is 13.8 Å². The van der Waals surface area contributed by atoms with E-state index in [0.717, 1.165) is 17.0 Å². The SMILES string of the molecule is CNC(c1csnn1)c1ccc(C)c(C)c1OC. The van der Waals surface area contributed by atoms with Crippen LogP contribution < -0.4 is 10.1 Å². The highest BCUT2D eigenvalue weighted by atomic mass is 32.1. The predicted octanol–water partition coefficient (Wildman–Crippen LogP) is 2.47. The Balaban J connectivity index is 2.52. The third-order valence-electron chi connectivity index (χ3n) is 3.18. The second kappa shape index (κ2) is 5.46. The first-order chi connectivity index (χ1) is 8.69. The van der Waals surface area contributed by atoms with Crippen molar-refractivity contribution in [1.82, 2.24) is 14.9 Å². The van der Waals surface area contributed by atoms with Crippen LogP contribution in [0.4, 0.5) is 0 Å². The first-order valence-electron chi connectivity index (χ1n) is 5.77. The molecule has 2 rings (SSSR count). The van der Waals surface area contributed by atoms with Crippen molar-refractivity contribution in [2.75, 3.05) is 14.2 Å². The summed E-state index contributed by atoms with van der Waals surface area (Å²) in [7, 11) is 3.62. The van der Waals surface area contributed by atoms with Gasteiger partial charge in [-0.1, -0.05) is 16.6 Å². The molecule has 2 aromatic rings. The third kappa shape index (κ3) is 2.23. The fourth-order valence-corrected chi connectivity index (χ4v) is 2.55. The molecular weight excluding hydrogens is 246 g/mol. The van der Waals surface area contributed by atoms with Crippen molar-refractivity contribution in [3.8, 4) is 5.75 Å². The lowest BCUT2D eigenvalue weighted by Gasteiger charge is -2.19. The van der Waals surface area contributed by atoms with Crippen molar-refractivity contribution in [3.05, 3.63) is 39.9 Å². The molecule has 0 aliphatic heterocycles. The number of hydrogen-bond acceptors (Lipinski definition) is 5. The first kappa shape index (κ1) is 13.0. The Bertz CT molecular complexity index is 525. The molecule has 5 heteroatoms. The Morgan fingerprint density at radius 2 is 2.11 bits per heavy atom. The molecule has 1 aromatic carbocycles. The summed E-state index contributed by atoms with van der Waals surface area (Å²) in [5.74, 6) is 0.919. The van der Waals surface area contributed by atoms with Gasteiger partial charge in [-0.05, 0) is 43.6 Å². The summed E-state index contributed by atoms with van der Waals surface area (Å²) >= 11 is 1.36. The van der Waals surface area contributed by atoms with Crippen molar-refractivity contribution in [1.29, 1.82) is 0 Å². The minimum absolute atomic E-state index is 0.0120. The molecule has 4 nitrogen and oxygen atoms in total. The molecule has 0 fully saturated rings. The molecule has 0 aliphatic carbocycles. The van der Waals surface area contributed by atoms with Crippen LogP contribution in [0.3, 0.4) is 0 Å². The topological polar surface area (TPSA) is 47.0 Å². The number of methoxy groups -OCH3 is 1. The molecule has 0 saturated heterocycles. The molecule has 18 heavy (non-hydrogen) atoms. The highest BCUT2D eigenvalue weighted by Gasteiger charge is 2.20. The lowest BCUT2D eigenvalue weighted by atomic mass is 9.98. The Kier molecular flexibility index (Phi) is 3.93. The van der Waals surface area contributed by atoms with Crippen LogP contribution in [0.5, 0.6) is 5.75 Å². The van der Waals surface area contributed by atoms with Gasteiger partial charge in [0.15, 0.2) is 0 Å². The summed E-state index contributed by atoms with van der Waals surface area (Å²) in [6.07, 6.45) is 0. The van der Waals surface area contributed by atoms with Crippen LogP contribution in [-0.4, -0.2) is 23.7 Å². The Hall–Kier alpha value is -1.46. The second-order valence-electron chi connectivity index (χ2n) is 4.18. The molecule has 0 spiro atoms. The molecule has 1 heterocycles. The number of aryl methyl sites for hydroxylation is 1. The number of aromatic nitrogens is 2. The van der Waals surface area contributed by atoms with Gasteiger partial charge in [-0.15, -0.1) is 5.10 Å². The normalized spacial score (nSPS) is 12.4. The Labute approximate surface area is 111 Å². The average molecular weight is 263 g/mol. The van der Waals surface area contributed by atoms with E-state index in [1.54, 1.807) is 7.11 Å². The van der Waals surface area contributed by atoms with Crippen LogP contribution in [-0.2, 0) is 0 Å². The number of nitrogens with zero attached hydrogens (tertiary/aromatic N) is 2. The molecule has 1 aromatic heterocycles. The largest absolute Gasteiger partial charge is 0.496 e. The van der Waals surface area contributed by atoms with Crippen LogP contribution in [0.15, 0.2) is 17.5 Å². The minimum Gasteiger partial charge on any atom is -0.496 e. The number of nitrogens with one attached hydrogen (secondary N) is 1. The molecule has 0 bridgehead atoms. The fourth-order valence-electron chi connectivity index (χ4n) is 2.07. The zero-order valence-corrected chi connectivity index (χ0v) is 11.8. The molecule has 0 radical (unpaired) electrons. The zero-order valence-electron chi connectivity index (χ0n) is 11.0. The van der Waals surface area contributed by atoms with Crippen LogP contribution in [0.1, 0.15) is 28.4 Å². The van der Waals surface area contributed by atoms with Crippen molar-refractivity contribution in [2.45, 2.75) is 19.9 Å². The molecular formula is C13H17N3OS. The van der Waals surface area contributed by atoms with Gasteiger partial charge in [-0.25, -0.2) is 0 Å². The van der Waals surface area contributed by atoms with E-state index in [0.29, 0.717) is 0 Å². The smallest absolute Gasteiger partial charge is 0.127 e. The molecule has 1 unspecified atom stereocenters. The summed E-state index contributed by atoms with van der Waals surface area (Å²) in [5, 5.41) is 9.36. The van der Waals surface area contributed by atoms with Gasteiger partial charge < -0.3 is 10.1 Å². The van der Waals surface area contributed by atoms with Gasteiger partial charge in [0.2, 0.25) is 0 Å². The van der Waals surface area contributed by atoms with E-state index < -0.39 is 0 Å². The minimum atomic E-state index is 0.0120. The molecule has 96 valence electrons. The van der Waals surface area contributed by atoms with Crippen LogP contribution in [0.25, 0.3) is 0 Å². The molecule has 1 N–H and O–H groups in total. The van der Waals surface area contributed by atoms with Crippen LogP contribution in [0.2, 0.25) is 0 Å². The summed E-state index contributed by atoms with van der Waals surface area (Å²) < 4.78 is 9.48. The highest BCUT2D eigenvalue weighted by Crippen LogP contribution is 2.33. The van der Waals surface area contributed by atoms with Crippen molar-refractivity contribution in [2.24, 2.45) is 0 Å². The van der Waals surface area contributed by atoms with Gasteiger partial charge in [0.25, 0.3) is 0 Å². The average Bonchev–Trinajstić information content (AvgIpc) is 2.89. The molecule has 0 amide bonds. The van der Waals surface area contributed by atoms with Gasteiger partial charge in [-0.2, -0.15) is 0 Å². The number of benzene rings is 1. The lowest BCUT2D eigenvalue weighted by molar-refractivity contribution is 0.401. The zero-order chi connectivity index (χ0) is 13.1. The summed E-state index contributed by atoms with van der Waals surface area (Å²) in [6, 6.07) is 4.21. The van der Waals surface area contributed by atoms with Gasteiger partial charge in [0.1, 0.15) is 5.75 Å². The van der Waals surface area contributed by atoms with E-state index in [-0.39, 0.29) is 6.04 Å². The van der Waals surface area contributed by atoms with Crippen molar-refractivity contribution in [3.63, 3.8) is 0 Å². The van der Waals surface area contributed by atoms with Gasteiger partial charge >= 0.3 is 0 Å². The number of rotatable bonds is 4. The first-order valence-corrected chi connectivity index (χ1v) is 6.61. The van der Waals surface area contributed by atoms with E-state index in [1.807, 2.05) is 12.4 Å². The highest BCUT2D eigenvalue weighted by molar-refractivity contribution is 7.03. The van der Waals surface area contributed by atoms with Crippen molar-refractivity contribution >= 4 is 11.5 Å². The maximum Gasteiger partial charge on any atom is 0.127 e. The second-order valence-corrected chi connectivity index (χ2v) is 4.79. The van der Waals surface area contributed by atoms with E-state index in [4.69, 9.17) is 4.74 Å². The van der Waals surface area contributed by atoms with Crippen molar-refractivity contribution < 1.29 is 4.74 Å². The predicted molar refractivity (Wildman–Crippen MR) is 73.3 cm³/mol. The molecule has 1 atom stereocenters. The monoisotopic (exact) mass is 263 g/mol. The van der Waals surface area contributed by atoms with Gasteiger partial charge in [0.05, 0.1) is 18.8 Å². The van der Waals surface area contributed by atoms with E-state index in [9.17, 15) is 0 Å². The molecule has 0 saturated carbocycles. The molecule has 0 aliphatic rings. The maximum atomic E-state index is 5.55. The van der Waals surface area contributed by atoms with Crippen LogP contribution >= 0.6 is 11.5 Å². The van der Waals surface area contributed by atoms with Gasteiger partial charge in [-0.3, -0.25) is 0 Å². The third-order valence-corrected chi connectivity index (χ3v) is 3.71. The quantitative estimate of drug-likeness (QED) is 0.920. The van der Waals surface area contributed by atoms with E-state index in [2.05, 4.69) is 40.9 Å². The number of hydrogen-bond donors (Lipinski definition) is 1. The standard InChI is InChI=1S/C13H17N3OS/c1-8-5-6-10(13(17-4)9(8)2)12(14-3)11-7-18-16-15-11/h5-7,12,14H,1-4H3. The van der Waals surface area contributed by atoms with E-state index in [1.165, 1.54) is 22.7 Å².